The van der Waals surface area contributed by atoms with Crippen LogP contribution in [0.15, 0.2) is 89.7 Å². The molecule has 0 bridgehead atoms. The molecule has 2 N–H and O–H groups in total. The fraction of sp³-hybridized carbons (Fsp3) is 0.371. The van der Waals surface area contributed by atoms with E-state index < -0.39 is 12.1 Å². The van der Waals surface area contributed by atoms with Gasteiger partial charge in [-0.05, 0) is 42.7 Å². The lowest BCUT2D eigenvalue weighted by Crippen LogP contribution is -2.47. The third-order valence-corrected chi connectivity index (χ3v) is 8.45. The van der Waals surface area contributed by atoms with Crippen molar-refractivity contribution < 1.29 is 19.4 Å². The first kappa shape index (κ1) is 29.7. The van der Waals surface area contributed by atoms with Crippen LogP contribution in [-0.4, -0.2) is 70.5 Å². The van der Waals surface area contributed by atoms with Gasteiger partial charge in [0.25, 0.3) is 5.91 Å². The number of carbonyl (C=O) groups excluding carboxylic acids is 1. The molecule has 4 aromatic rings. The molecular formula is C35H40N4O5. The second kappa shape index (κ2) is 14.0. The molecule has 1 unspecified atom stereocenters. The first-order valence-electron chi connectivity index (χ1n) is 15.6. The van der Waals surface area contributed by atoms with Gasteiger partial charge in [0, 0.05) is 31.7 Å². The van der Waals surface area contributed by atoms with Crippen molar-refractivity contribution in [2.75, 3.05) is 39.4 Å². The number of amides is 1. The summed E-state index contributed by atoms with van der Waals surface area (Å²) in [5, 5.41) is 14.4. The van der Waals surface area contributed by atoms with Crippen LogP contribution in [0, 0.1) is 0 Å². The lowest BCUT2D eigenvalue weighted by Gasteiger charge is -2.30. The van der Waals surface area contributed by atoms with Crippen molar-refractivity contribution in [3.8, 4) is 22.8 Å². The molecule has 230 valence electrons. The van der Waals surface area contributed by atoms with Crippen molar-refractivity contribution >= 4 is 5.91 Å². The van der Waals surface area contributed by atoms with Gasteiger partial charge < -0.3 is 24.8 Å². The fourth-order valence-electron chi connectivity index (χ4n) is 6.27. The average molecular weight is 597 g/mol. The summed E-state index contributed by atoms with van der Waals surface area (Å²) in [7, 11) is 0. The summed E-state index contributed by atoms with van der Waals surface area (Å²) in [5.74, 6) is 1.28. The Morgan fingerprint density at radius 2 is 1.50 bits per heavy atom. The van der Waals surface area contributed by atoms with Gasteiger partial charge >= 0.3 is 5.69 Å². The minimum atomic E-state index is -0.656. The number of nitrogens with one attached hydrogen (secondary N) is 1. The Hall–Kier alpha value is -4.34. The van der Waals surface area contributed by atoms with Gasteiger partial charge in [-0.15, -0.1) is 0 Å². The van der Waals surface area contributed by atoms with Crippen LogP contribution in [0.1, 0.15) is 47.8 Å². The Labute approximate surface area is 257 Å². The Bertz CT molecular complexity index is 1590. The van der Waals surface area contributed by atoms with Gasteiger partial charge in [-0.25, -0.2) is 4.79 Å². The van der Waals surface area contributed by atoms with Crippen molar-refractivity contribution in [3.05, 3.63) is 107 Å². The Morgan fingerprint density at radius 1 is 0.841 bits per heavy atom. The number of carbonyl (C=O) groups is 1. The number of aliphatic hydroxyl groups excluding tert-OH is 1. The second-order valence-electron chi connectivity index (χ2n) is 11.4. The predicted molar refractivity (Wildman–Crippen MR) is 169 cm³/mol. The van der Waals surface area contributed by atoms with Crippen LogP contribution >= 0.6 is 0 Å². The number of para-hydroxylation sites is 1. The average Bonchev–Trinajstić information content (AvgIpc) is 3.35. The first-order chi connectivity index (χ1) is 21.6. The molecule has 1 amide bonds. The number of benzene rings is 3. The van der Waals surface area contributed by atoms with Crippen molar-refractivity contribution in [2.45, 2.75) is 44.4 Å². The molecular weight excluding hydrogens is 556 g/mol. The number of nitrogens with zero attached hydrogens (tertiary/aromatic N) is 3. The van der Waals surface area contributed by atoms with E-state index in [0.717, 1.165) is 29.7 Å². The molecule has 1 aliphatic carbocycles. The summed E-state index contributed by atoms with van der Waals surface area (Å²) >= 11 is 0. The van der Waals surface area contributed by atoms with Crippen molar-refractivity contribution in [1.82, 2.24) is 19.4 Å². The van der Waals surface area contributed by atoms with Crippen molar-refractivity contribution in [2.24, 2.45) is 0 Å². The van der Waals surface area contributed by atoms with E-state index in [0.29, 0.717) is 69.4 Å². The molecule has 9 heteroatoms. The normalized spacial score (nSPS) is 18.6. The van der Waals surface area contributed by atoms with E-state index in [1.165, 1.54) is 0 Å². The first-order valence-corrected chi connectivity index (χ1v) is 15.6. The summed E-state index contributed by atoms with van der Waals surface area (Å²) < 4.78 is 15.0. The van der Waals surface area contributed by atoms with Crippen LogP contribution in [0.4, 0.5) is 0 Å². The van der Waals surface area contributed by atoms with Crippen molar-refractivity contribution in [3.63, 3.8) is 0 Å². The lowest BCUT2D eigenvalue weighted by atomic mass is 9.92. The molecule has 1 saturated carbocycles. The largest absolute Gasteiger partial charge is 0.490 e. The number of ether oxygens (including phenoxy) is 2. The molecule has 1 saturated heterocycles. The van der Waals surface area contributed by atoms with Crippen LogP contribution in [-0.2, 0) is 6.54 Å². The number of aromatic nitrogens is 2. The zero-order chi connectivity index (χ0) is 30.3. The molecule has 2 heterocycles. The summed E-state index contributed by atoms with van der Waals surface area (Å²) in [4.78, 5) is 30.6. The molecule has 2 fully saturated rings. The number of rotatable bonds is 10. The molecule has 2 aliphatic rings. The molecule has 3 aromatic carbocycles. The lowest BCUT2D eigenvalue weighted by molar-refractivity contribution is 0.0719. The van der Waals surface area contributed by atoms with E-state index in [1.807, 2.05) is 89.8 Å². The zero-order valence-electron chi connectivity index (χ0n) is 24.9. The summed E-state index contributed by atoms with van der Waals surface area (Å²) in [6.45, 7) is 3.47. The summed E-state index contributed by atoms with van der Waals surface area (Å²) in [6, 6.07) is 26.4. The van der Waals surface area contributed by atoms with Gasteiger partial charge in [-0.3, -0.25) is 13.9 Å². The maximum Gasteiger partial charge on any atom is 0.329 e. The Morgan fingerprint density at radius 3 is 2.23 bits per heavy atom. The highest BCUT2D eigenvalue weighted by molar-refractivity contribution is 5.99. The van der Waals surface area contributed by atoms with Gasteiger partial charge in [0.2, 0.25) is 0 Å². The standard InChI is InChI=1S/C35H40N4O5/c40-31-17-8-7-16-30(31)39-32(27-11-3-1-4-12-27)33(34(41)37-20-18-36-19-21-37)38(35(39)42)25-26-10-9-15-29(24-26)44-23-22-43-28-13-5-2-6-14-28/h1-6,9-15,24,30-31,36,40H,7-8,16-23,25H2/t30?,31-/m1/s1. The van der Waals surface area contributed by atoms with Crippen LogP contribution in [0.25, 0.3) is 11.3 Å². The number of hydrogen-bond acceptors (Lipinski definition) is 6. The minimum Gasteiger partial charge on any atom is -0.490 e. The number of hydrogen-bond donors (Lipinski definition) is 2. The van der Waals surface area contributed by atoms with Gasteiger partial charge in [-0.1, -0.05) is 73.5 Å². The molecule has 9 nitrogen and oxygen atoms in total. The summed E-state index contributed by atoms with van der Waals surface area (Å²) in [5.41, 5.74) is 2.29. The van der Waals surface area contributed by atoms with Crippen LogP contribution in [0.2, 0.25) is 0 Å². The molecule has 0 spiro atoms. The topological polar surface area (TPSA) is 98.0 Å². The van der Waals surface area contributed by atoms with Gasteiger partial charge in [0.15, 0.2) is 0 Å². The highest BCUT2D eigenvalue weighted by Gasteiger charge is 2.35. The highest BCUT2D eigenvalue weighted by atomic mass is 16.5. The van der Waals surface area contributed by atoms with E-state index in [4.69, 9.17) is 9.47 Å². The van der Waals surface area contributed by atoms with Crippen LogP contribution in [0.5, 0.6) is 11.5 Å². The number of piperazine rings is 1. The second-order valence-corrected chi connectivity index (χ2v) is 11.4. The minimum absolute atomic E-state index is 0.169. The van der Waals surface area contributed by atoms with Gasteiger partial charge in [0.1, 0.15) is 30.4 Å². The number of aliphatic hydroxyl groups is 1. The van der Waals surface area contributed by atoms with E-state index in [2.05, 4.69) is 5.32 Å². The van der Waals surface area contributed by atoms with Crippen molar-refractivity contribution in [1.29, 1.82) is 0 Å². The fourth-order valence-corrected chi connectivity index (χ4v) is 6.27. The number of imidazole rings is 1. The highest BCUT2D eigenvalue weighted by Crippen LogP contribution is 2.34. The van der Waals surface area contributed by atoms with Crippen LogP contribution in [0.3, 0.4) is 0 Å². The maximum atomic E-state index is 14.4. The van der Waals surface area contributed by atoms with E-state index in [1.54, 1.807) is 9.13 Å². The third-order valence-electron chi connectivity index (χ3n) is 8.45. The van der Waals surface area contributed by atoms with Gasteiger partial charge in [0.05, 0.1) is 24.4 Å². The van der Waals surface area contributed by atoms with E-state index >= 15 is 0 Å². The zero-order valence-corrected chi connectivity index (χ0v) is 24.9. The summed E-state index contributed by atoms with van der Waals surface area (Å²) in [6.07, 6.45) is 2.49. The Kier molecular flexibility index (Phi) is 9.43. The van der Waals surface area contributed by atoms with Crippen LogP contribution < -0.4 is 20.5 Å². The smallest absolute Gasteiger partial charge is 0.329 e. The monoisotopic (exact) mass is 596 g/mol. The third kappa shape index (κ3) is 6.59. The maximum absolute atomic E-state index is 14.4. The molecule has 1 aromatic heterocycles. The Balaban J connectivity index is 1.36. The predicted octanol–water partition coefficient (Wildman–Crippen LogP) is 4.34. The van der Waals surface area contributed by atoms with Gasteiger partial charge in [-0.2, -0.15) is 0 Å². The molecule has 44 heavy (non-hydrogen) atoms. The van der Waals surface area contributed by atoms with E-state index in [9.17, 15) is 14.7 Å². The SMILES string of the molecule is O=C(c1c(-c2ccccc2)n(C2CCCC[C@H]2O)c(=O)n1Cc1cccc(OCCOc2ccccc2)c1)N1CCNCC1. The molecule has 2 atom stereocenters. The van der Waals surface area contributed by atoms with E-state index in [-0.39, 0.29) is 18.1 Å². The molecule has 1 aliphatic heterocycles. The quantitative estimate of drug-likeness (QED) is 0.265. The molecule has 0 radical (unpaired) electrons. The molecule has 6 rings (SSSR count).